The van der Waals surface area contributed by atoms with Gasteiger partial charge in [-0.1, -0.05) is 19.1 Å². The lowest BCUT2D eigenvalue weighted by molar-refractivity contribution is 0.596. The van der Waals surface area contributed by atoms with Crippen LogP contribution < -0.4 is 5.32 Å². The predicted molar refractivity (Wildman–Crippen MR) is 72.5 cm³/mol. The van der Waals surface area contributed by atoms with Gasteiger partial charge in [-0.3, -0.25) is 0 Å². The van der Waals surface area contributed by atoms with Crippen molar-refractivity contribution in [3.8, 4) is 0 Å². The highest BCUT2D eigenvalue weighted by Gasteiger charge is 2.05. The van der Waals surface area contributed by atoms with E-state index in [-0.39, 0.29) is 0 Å². The minimum atomic E-state index is 0.543. The molecule has 0 saturated carbocycles. The molecule has 1 aromatic carbocycles. The molecule has 2 aromatic rings. The predicted octanol–water partition coefficient (Wildman–Crippen LogP) is 3.31. The van der Waals surface area contributed by atoms with E-state index in [2.05, 4.69) is 22.2 Å². The summed E-state index contributed by atoms with van der Waals surface area (Å²) in [5, 5.41) is 4.43. The van der Waals surface area contributed by atoms with Crippen LogP contribution in [0.5, 0.6) is 0 Å². The molecule has 1 unspecified atom stereocenters. The van der Waals surface area contributed by atoms with Crippen LogP contribution in [-0.2, 0) is 0 Å². The van der Waals surface area contributed by atoms with Gasteiger partial charge < -0.3 is 5.32 Å². The fourth-order valence-electron chi connectivity index (χ4n) is 1.70. The van der Waals surface area contributed by atoms with Gasteiger partial charge in [-0.25, -0.2) is 9.97 Å². The molecule has 17 heavy (non-hydrogen) atoms. The van der Waals surface area contributed by atoms with Crippen molar-refractivity contribution in [1.29, 1.82) is 0 Å². The Balaban J connectivity index is 2.13. The summed E-state index contributed by atoms with van der Waals surface area (Å²) in [4.78, 5) is 8.52. The van der Waals surface area contributed by atoms with Crippen LogP contribution >= 0.6 is 11.6 Å². The van der Waals surface area contributed by atoms with Crippen molar-refractivity contribution in [2.75, 3.05) is 17.7 Å². The van der Waals surface area contributed by atoms with Gasteiger partial charge in [0.1, 0.15) is 12.1 Å². The number of hydrogen-bond acceptors (Lipinski definition) is 3. The van der Waals surface area contributed by atoms with Gasteiger partial charge in [0, 0.05) is 17.8 Å². The molecule has 0 aliphatic heterocycles. The first-order valence-corrected chi connectivity index (χ1v) is 6.34. The van der Waals surface area contributed by atoms with E-state index in [1.165, 1.54) is 0 Å². The van der Waals surface area contributed by atoms with Crippen LogP contribution in [0.25, 0.3) is 10.9 Å². The van der Waals surface area contributed by atoms with Crippen molar-refractivity contribution in [2.24, 2.45) is 5.92 Å². The summed E-state index contributed by atoms with van der Waals surface area (Å²) >= 11 is 5.72. The highest BCUT2D eigenvalue weighted by molar-refractivity contribution is 6.17. The first kappa shape index (κ1) is 12.1. The lowest BCUT2D eigenvalue weighted by Crippen LogP contribution is -2.13. The monoisotopic (exact) mass is 249 g/mol. The van der Waals surface area contributed by atoms with E-state index < -0.39 is 0 Å². The molecule has 0 saturated heterocycles. The molecule has 90 valence electrons. The number of anilines is 1. The van der Waals surface area contributed by atoms with Crippen molar-refractivity contribution in [1.82, 2.24) is 9.97 Å². The van der Waals surface area contributed by atoms with Crippen LogP contribution in [-0.4, -0.2) is 22.4 Å². The molecule has 2 rings (SSSR count). The van der Waals surface area contributed by atoms with Crippen molar-refractivity contribution < 1.29 is 0 Å². The molecule has 0 aliphatic rings. The Morgan fingerprint density at radius 1 is 1.29 bits per heavy atom. The average Bonchev–Trinajstić information content (AvgIpc) is 2.36. The quantitative estimate of drug-likeness (QED) is 0.827. The fraction of sp³-hybridized carbons (Fsp3) is 0.385. The number of fused-ring (bicyclic) bond motifs is 1. The molecule has 4 heteroatoms. The van der Waals surface area contributed by atoms with Crippen LogP contribution in [0.3, 0.4) is 0 Å². The van der Waals surface area contributed by atoms with Gasteiger partial charge >= 0.3 is 0 Å². The van der Waals surface area contributed by atoms with Crippen molar-refractivity contribution in [3.63, 3.8) is 0 Å². The highest BCUT2D eigenvalue weighted by Crippen LogP contribution is 2.18. The van der Waals surface area contributed by atoms with Gasteiger partial charge in [0.05, 0.1) is 5.52 Å². The normalized spacial score (nSPS) is 12.6. The summed E-state index contributed by atoms with van der Waals surface area (Å²) in [6.07, 6.45) is 2.61. The topological polar surface area (TPSA) is 37.8 Å². The molecule has 1 aromatic heterocycles. The van der Waals surface area contributed by atoms with E-state index >= 15 is 0 Å². The molecular formula is C13H16ClN3. The number of hydrogen-bond donors (Lipinski definition) is 1. The zero-order valence-corrected chi connectivity index (χ0v) is 10.6. The van der Waals surface area contributed by atoms with E-state index in [4.69, 9.17) is 11.6 Å². The number of alkyl halides is 1. The lowest BCUT2D eigenvalue weighted by Gasteiger charge is -2.12. The molecule has 3 nitrogen and oxygen atoms in total. The Hall–Kier alpha value is -1.35. The second kappa shape index (κ2) is 5.82. The summed E-state index contributed by atoms with van der Waals surface area (Å²) in [6.45, 7) is 3.06. The molecule has 1 heterocycles. The van der Waals surface area contributed by atoms with E-state index in [9.17, 15) is 0 Å². The Morgan fingerprint density at radius 2 is 2.12 bits per heavy atom. The van der Waals surface area contributed by atoms with Gasteiger partial charge in [0.15, 0.2) is 0 Å². The Bertz CT molecular complexity index is 482. The summed E-state index contributed by atoms with van der Waals surface area (Å²) in [6, 6.07) is 8.00. The maximum absolute atomic E-state index is 5.72. The van der Waals surface area contributed by atoms with E-state index in [1.54, 1.807) is 6.33 Å². The van der Waals surface area contributed by atoms with Crippen LogP contribution in [0.15, 0.2) is 30.6 Å². The number of rotatable bonds is 5. The van der Waals surface area contributed by atoms with Crippen LogP contribution in [0.4, 0.5) is 5.82 Å². The number of nitrogens with one attached hydrogen (secondary N) is 1. The SMILES string of the molecule is CC(CCCl)CNc1ncnc2ccccc12. The Labute approximate surface area is 106 Å². The van der Waals surface area contributed by atoms with Gasteiger partial charge in [-0.05, 0) is 24.5 Å². The van der Waals surface area contributed by atoms with Gasteiger partial charge in [0.25, 0.3) is 0 Å². The summed E-state index contributed by atoms with van der Waals surface area (Å²) in [5.41, 5.74) is 0.968. The fourth-order valence-corrected chi connectivity index (χ4v) is 2.08. The first-order valence-electron chi connectivity index (χ1n) is 5.81. The minimum absolute atomic E-state index is 0.543. The second-order valence-electron chi connectivity index (χ2n) is 4.20. The summed E-state index contributed by atoms with van der Waals surface area (Å²) in [5.74, 6) is 2.14. The minimum Gasteiger partial charge on any atom is -0.369 e. The maximum Gasteiger partial charge on any atom is 0.137 e. The summed E-state index contributed by atoms with van der Waals surface area (Å²) in [7, 11) is 0. The first-order chi connectivity index (χ1) is 8.31. The van der Waals surface area contributed by atoms with Crippen molar-refractivity contribution >= 4 is 28.3 Å². The van der Waals surface area contributed by atoms with Crippen molar-refractivity contribution in [3.05, 3.63) is 30.6 Å². The molecule has 0 aliphatic carbocycles. The molecule has 1 atom stereocenters. The Kier molecular flexibility index (Phi) is 4.15. The zero-order chi connectivity index (χ0) is 12.1. The van der Waals surface area contributed by atoms with Crippen molar-refractivity contribution in [2.45, 2.75) is 13.3 Å². The van der Waals surface area contributed by atoms with Crippen LogP contribution in [0.1, 0.15) is 13.3 Å². The molecule has 0 fully saturated rings. The Morgan fingerprint density at radius 3 is 2.94 bits per heavy atom. The van der Waals surface area contributed by atoms with E-state index in [0.717, 1.165) is 29.7 Å². The molecule has 0 radical (unpaired) electrons. The molecule has 0 spiro atoms. The van der Waals surface area contributed by atoms with E-state index in [1.807, 2.05) is 24.3 Å². The molecule has 0 bridgehead atoms. The number of para-hydroxylation sites is 1. The lowest BCUT2D eigenvalue weighted by atomic mass is 10.1. The van der Waals surface area contributed by atoms with E-state index in [0.29, 0.717) is 11.8 Å². The smallest absolute Gasteiger partial charge is 0.137 e. The standard InChI is InChI=1S/C13H16ClN3/c1-10(6-7-14)8-15-13-11-4-2-3-5-12(11)16-9-17-13/h2-5,9-10H,6-8H2,1H3,(H,15,16,17). The average molecular weight is 250 g/mol. The summed E-state index contributed by atoms with van der Waals surface area (Å²) < 4.78 is 0. The largest absolute Gasteiger partial charge is 0.369 e. The highest BCUT2D eigenvalue weighted by atomic mass is 35.5. The maximum atomic E-state index is 5.72. The van der Waals surface area contributed by atoms with Crippen LogP contribution in [0, 0.1) is 5.92 Å². The van der Waals surface area contributed by atoms with Gasteiger partial charge in [-0.2, -0.15) is 0 Å². The zero-order valence-electron chi connectivity index (χ0n) is 9.86. The van der Waals surface area contributed by atoms with Crippen LogP contribution in [0.2, 0.25) is 0 Å². The third-order valence-electron chi connectivity index (χ3n) is 2.76. The molecular weight excluding hydrogens is 234 g/mol. The molecule has 0 amide bonds. The third-order valence-corrected chi connectivity index (χ3v) is 2.98. The number of benzene rings is 1. The third kappa shape index (κ3) is 3.07. The number of halogens is 1. The van der Waals surface area contributed by atoms with Gasteiger partial charge in [-0.15, -0.1) is 11.6 Å². The van der Waals surface area contributed by atoms with Gasteiger partial charge in [0.2, 0.25) is 0 Å². The number of aromatic nitrogens is 2. The second-order valence-corrected chi connectivity index (χ2v) is 4.58. The number of nitrogens with zero attached hydrogens (tertiary/aromatic N) is 2. The molecule has 1 N–H and O–H groups in total.